The Morgan fingerprint density at radius 2 is 1.72 bits per heavy atom. The fourth-order valence-corrected chi connectivity index (χ4v) is 2.86. The van der Waals surface area contributed by atoms with E-state index in [9.17, 15) is 14.4 Å². The van der Waals surface area contributed by atoms with Gasteiger partial charge in [0, 0.05) is 30.4 Å². The molecule has 1 heterocycles. The molecule has 128 valence electrons. The first kappa shape index (κ1) is 16.7. The fourth-order valence-electron chi connectivity index (χ4n) is 2.86. The van der Waals surface area contributed by atoms with E-state index in [4.69, 9.17) is 0 Å². The summed E-state index contributed by atoms with van der Waals surface area (Å²) in [5.41, 5.74) is 2.74. The maximum atomic E-state index is 12.5. The van der Waals surface area contributed by atoms with Gasteiger partial charge in [0.15, 0.2) is 0 Å². The van der Waals surface area contributed by atoms with Gasteiger partial charge in [-0.2, -0.15) is 0 Å². The minimum absolute atomic E-state index is 0.134. The number of carbonyl (C=O) groups excluding carboxylic acids is 3. The Bertz CT molecular complexity index is 847. The van der Waals surface area contributed by atoms with Gasteiger partial charge >= 0.3 is 0 Å². The van der Waals surface area contributed by atoms with E-state index in [1.807, 2.05) is 18.2 Å². The van der Waals surface area contributed by atoms with Crippen LogP contribution in [0.2, 0.25) is 0 Å². The molecule has 0 saturated carbocycles. The van der Waals surface area contributed by atoms with Crippen molar-refractivity contribution in [3.63, 3.8) is 0 Å². The van der Waals surface area contributed by atoms with E-state index in [0.29, 0.717) is 23.5 Å². The normalized spacial score (nSPS) is 14.0. The molecule has 6 nitrogen and oxygen atoms in total. The summed E-state index contributed by atoms with van der Waals surface area (Å²) in [5, 5.41) is 5.46. The highest BCUT2D eigenvalue weighted by Gasteiger charge is 2.33. The lowest BCUT2D eigenvalue weighted by atomic mass is 10.1. The molecule has 3 rings (SSSR count). The second-order valence-corrected chi connectivity index (χ2v) is 6.02. The second-order valence-electron chi connectivity index (χ2n) is 6.02. The fraction of sp³-hybridized carbons (Fsp3) is 0.211. The maximum Gasteiger partial charge on any atom is 0.255 e. The highest BCUT2D eigenvalue weighted by molar-refractivity contribution is 6.03. The van der Waals surface area contributed by atoms with E-state index in [1.165, 1.54) is 6.92 Å². The van der Waals surface area contributed by atoms with Crippen LogP contribution in [0.4, 0.5) is 11.4 Å². The molecule has 0 fully saturated rings. The average molecular weight is 337 g/mol. The van der Waals surface area contributed by atoms with Crippen LogP contribution in [0.1, 0.15) is 29.8 Å². The molecular weight excluding hydrogens is 318 g/mol. The summed E-state index contributed by atoms with van der Waals surface area (Å²) < 4.78 is 0. The zero-order valence-electron chi connectivity index (χ0n) is 14.1. The first-order chi connectivity index (χ1) is 12.0. The summed E-state index contributed by atoms with van der Waals surface area (Å²) in [6.07, 6.45) is 0. The van der Waals surface area contributed by atoms with Gasteiger partial charge in [-0.1, -0.05) is 24.3 Å². The minimum atomic E-state index is -0.607. The first-order valence-electron chi connectivity index (χ1n) is 8.03. The van der Waals surface area contributed by atoms with Gasteiger partial charge in [-0.15, -0.1) is 0 Å². The van der Waals surface area contributed by atoms with Crippen molar-refractivity contribution in [3.8, 4) is 0 Å². The highest BCUT2D eigenvalue weighted by Crippen LogP contribution is 2.25. The summed E-state index contributed by atoms with van der Waals surface area (Å²) in [6, 6.07) is 13.6. The number of hydrogen-bond donors (Lipinski definition) is 2. The number of fused-ring (bicyclic) bond motifs is 1. The van der Waals surface area contributed by atoms with Crippen molar-refractivity contribution < 1.29 is 14.4 Å². The van der Waals surface area contributed by atoms with Gasteiger partial charge in [-0.05, 0) is 36.8 Å². The van der Waals surface area contributed by atoms with Crippen molar-refractivity contribution in [2.45, 2.75) is 26.4 Å². The predicted octanol–water partition coefficient (Wildman–Crippen LogP) is 2.63. The molecule has 6 heteroatoms. The number of anilines is 2. The van der Waals surface area contributed by atoms with Crippen molar-refractivity contribution in [2.75, 3.05) is 10.6 Å². The van der Waals surface area contributed by atoms with Crippen molar-refractivity contribution in [2.24, 2.45) is 0 Å². The SMILES string of the molecule is CC(=O)Nc1cccc(NC(=O)C(C)N2Cc3ccccc3C2=O)c1. The molecular formula is C19H19N3O3. The van der Waals surface area contributed by atoms with Crippen LogP contribution in [0.25, 0.3) is 0 Å². The van der Waals surface area contributed by atoms with Gasteiger partial charge in [0.1, 0.15) is 6.04 Å². The minimum Gasteiger partial charge on any atom is -0.326 e. The maximum absolute atomic E-state index is 12.5. The third-order valence-corrected chi connectivity index (χ3v) is 4.15. The Balaban J connectivity index is 1.70. The summed E-state index contributed by atoms with van der Waals surface area (Å²) in [5.74, 6) is -0.594. The molecule has 0 aromatic heterocycles. The molecule has 0 spiro atoms. The standard InChI is InChI=1S/C19H19N3O3/c1-12(22-11-14-6-3-4-9-17(14)19(22)25)18(24)21-16-8-5-7-15(10-16)20-13(2)23/h3-10,12H,11H2,1-2H3,(H,20,23)(H,21,24). The number of nitrogens with one attached hydrogen (secondary N) is 2. The molecule has 2 aromatic carbocycles. The number of hydrogen-bond acceptors (Lipinski definition) is 3. The Kier molecular flexibility index (Phi) is 4.52. The van der Waals surface area contributed by atoms with E-state index in [2.05, 4.69) is 10.6 Å². The van der Waals surface area contributed by atoms with Crippen LogP contribution in [0, 0.1) is 0 Å². The Morgan fingerprint density at radius 1 is 1.04 bits per heavy atom. The van der Waals surface area contributed by atoms with Crippen LogP contribution >= 0.6 is 0 Å². The molecule has 0 saturated heterocycles. The number of carbonyl (C=O) groups is 3. The lowest BCUT2D eigenvalue weighted by Crippen LogP contribution is -2.42. The average Bonchev–Trinajstić information content (AvgIpc) is 2.91. The third kappa shape index (κ3) is 3.52. The number of nitrogens with zero attached hydrogens (tertiary/aromatic N) is 1. The van der Waals surface area contributed by atoms with Crippen molar-refractivity contribution in [3.05, 3.63) is 59.7 Å². The number of rotatable bonds is 4. The van der Waals surface area contributed by atoms with Gasteiger partial charge in [0.2, 0.25) is 11.8 Å². The molecule has 1 aliphatic heterocycles. The van der Waals surface area contributed by atoms with Gasteiger partial charge in [-0.25, -0.2) is 0 Å². The number of amides is 3. The van der Waals surface area contributed by atoms with Gasteiger partial charge < -0.3 is 15.5 Å². The second kappa shape index (κ2) is 6.76. The topological polar surface area (TPSA) is 78.5 Å². The smallest absolute Gasteiger partial charge is 0.255 e. The largest absolute Gasteiger partial charge is 0.326 e. The molecule has 1 atom stereocenters. The van der Waals surface area contributed by atoms with Crippen LogP contribution in [0.5, 0.6) is 0 Å². The molecule has 0 aliphatic carbocycles. The van der Waals surface area contributed by atoms with Gasteiger partial charge in [-0.3, -0.25) is 14.4 Å². The summed E-state index contributed by atoms with van der Waals surface area (Å²) in [6.45, 7) is 3.55. The predicted molar refractivity (Wildman–Crippen MR) is 95.2 cm³/mol. The summed E-state index contributed by atoms with van der Waals surface area (Å²) in [7, 11) is 0. The van der Waals surface area contributed by atoms with Crippen LogP contribution in [0.3, 0.4) is 0 Å². The molecule has 2 N–H and O–H groups in total. The molecule has 0 radical (unpaired) electrons. The van der Waals surface area contributed by atoms with E-state index in [-0.39, 0.29) is 17.7 Å². The Labute approximate surface area is 145 Å². The Morgan fingerprint density at radius 3 is 2.40 bits per heavy atom. The van der Waals surface area contributed by atoms with Crippen LogP contribution in [-0.4, -0.2) is 28.7 Å². The quantitative estimate of drug-likeness (QED) is 0.900. The zero-order valence-corrected chi connectivity index (χ0v) is 14.1. The lowest BCUT2D eigenvalue weighted by Gasteiger charge is -2.23. The molecule has 1 unspecified atom stereocenters. The van der Waals surface area contributed by atoms with Crippen molar-refractivity contribution in [1.82, 2.24) is 4.90 Å². The molecule has 1 aliphatic rings. The molecule has 2 aromatic rings. The van der Waals surface area contributed by atoms with E-state index >= 15 is 0 Å². The summed E-state index contributed by atoms with van der Waals surface area (Å²) in [4.78, 5) is 37.7. The van der Waals surface area contributed by atoms with Gasteiger partial charge in [0.05, 0.1) is 0 Å². The van der Waals surface area contributed by atoms with E-state index in [0.717, 1.165) is 5.56 Å². The number of benzene rings is 2. The lowest BCUT2D eigenvalue weighted by molar-refractivity contribution is -0.120. The van der Waals surface area contributed by atoms with Crippen LogP contribution in [-0.2, 0) is 16.1 Å². The molecule has 25 heavy (non-hydrogen) atoms. The van der Waals surface area contributed by atoms with Crippen molar-refractivity contribution >= 4 is 29.1 Å². The van der Waals surface area contributed by atoms with Gasteiger partial charge in [0.25, 0.3) is 5.91 Å². The summed E-state index contributed by atoms with van der Waals surface area (Å²) >= 11 is 0. The van der Waals surface area contributed by atoms with Crippen LogP contribution < -0.4 is 10.6 Å². The molecule has 3 amide bonds. The Hall–Kier alpha value is -3.15. The van der Waals surface area contributed by atoms with E-state index in [1.54, 1.807) is 42.2 Å². The van der Waals surface area contributed by atoms with Crippen LogP contribution in [0.15, 0.2) is 48.5 Å². The van der Waals surface area contributed by atoms with Crippen molar-refractivity contribution in [1.29, 1.82) is 0 Å². The zero-order chi connectivity index (χ0) is 18.0. The highest BCUT2D eigenvalue weighted by atomic mass is 16.2. The third-order valence-electron chi connectivity index (χ3n) is 4.15. The molecule has 0 bridgehead atoms. The van der Waals surface area contributed by atoms with E-state index < -0.39 is 6.04 Å². The monoisotopic (exact) mass is 337 g/mol. The first-order valence-corrected chi connectivity index (χ1v) is 8.03.